The van der Waals surface area contributed by atoms with E-state index in [1.54, 1.807) is 14.2 Å². The number of ether oxygens (including phenoxy) is 7. The van der Waals surface area contributed by atoms with Crippen molar-refractivity contribution in [1.82, 2.24) is 0 Å². The van der Waals surface area contributed by atoms with E-state index in [1.807, 2.05) is 6.92 Å². The van der Waals surface area contributed by atoms with Crippen LogP contribution in [0.2, 0.25) is 0 Å². The van der Waals surface area contributed by atoms with Crippen molar-refractivity contribution < 1.29 is 38.0 Å². The van der Waals surface area contributed by atoms with Crippen molar-refractivity contribution in [3.05, 3.63) is 0 Å². The largest absolute Gasteiger partial charge is 0.466 e. The average molecular weight is 559 g/mol. The topological polar surface area (TPSA) is 81.7 Å². The summed E-state index contributed by atoms with van der Waals surface area (Å²) in [7, 11) is 3.31. The predicted molar refractivity (Wildman–Crippen MR) is 152 cm³/mol. The van der Waals surface area contributed by atoms with Gasteiger partial charge in [0.2, 0.25) is 0 Å². The van der Waals surface area contributed by atoms with Gasteiger partial charge in [-0.1, -0.05) is 64.7 Å². The van der Waals surface area contributed by atoms with Crippen molar-refractivity contribution in [1.29, 1.82) is 0 Å². The molecule has 2 aliphatic heterocycles. The first-order valence-electron chi connectivity index (χ1n) is 15.8. The van der Waals surface area contributed by atoms with Gasteiger partial charge in [0.25, 0.3) is 0 Å². The van der Waals surface area contributed by atoms with Gasteiger partial charge in [0.05, 0.1) is 43.2 Å². The molecule has 0 N–H and O–H groups in total. The molecular formula is C31H58O8. The summed E-state index contributed by atoms with van der Waals surface area (Å²) in [5.74, 6) is -0.132. The van der Waals surface area contributed by atoms with E-state index in [1.165, 1.54) is 51.4 Å². The van der Waals surface area contributed by atoms with Gasteiger partial charge in [0, 0.05) is 20.6 Å². The van der Waals surface area contributed by atoms with Crippen molar-refractivity contribution in [3.63, 3.8) is 0 Å². The monoisotopic (exact) mass is 558 g/mol. The first-order valence-corrected chi connectivity index (χ1v) is 15.8. The molecule has 0 aliphatic carbocycles. The van der Waals surface area contributed by atoms with Crippen LogP contribution in [-0.2, 0) is 38.0 Å². The zero-order valence-corrected chi connectivity index (χ0v) is 25.4. The minimum absolute atomic E-state index is 0.0215. The highest BCUT2D eigenvalue weighted by atomic mass is 16.7. The van der Waals surface area contributed by atoms with Crippen molar-refractivity contribution in [3.8, 4) is 0 Å². The third-order valence-electron chi connectivity index (χ3n) is 7.98. The van der Waals surface area contributed by atoms with Crippen LogP contribution in [0, 0.1) is 0 Å². The van der Waals surface area contributed by atoms with E-state index in [9.17, 15) is 4.79 Å². The van der Waals surface area contributed by atoms with Crippen molar-refractivity contribution >= 4 is 5.97 Å². The van der Waals surface area contributed by atoms with Gasteiger partial charge in [-0.25, -0.2) is 0 Å². The lowest BCUT2D eigenvalue weighted by molar-refractivity contribution is -0.158. The summed E-state index contributed by atoms with van der Waals surface area (Å²) >= 11 is 0. The maximum atomic E-state index is 11.6. The van der Waals surface area contributed by atoms with Gasteiger partial charge in [0.15, 0.2) is 0 Å². The van der Waals surface area contributed by atoms with Crippen LogP contribution in [0.3, 0.4) is 0 Å². The van der Waals surface area contributed by atoms with Crippen LogP contribution >= 0.6 is 0 Å². The summed E-state index contributed by atoms with van der Waals surface area (Å²) in [5, 5.41) is 0. The molecule has 0 spiro atoms. The number of hydrogen-bond acceptors (Lipinski definition) is 8. The molecule has 0 aromatic carbocycles. The standard InChI is InChI=1S/C31H58O8/c1-5-7-8-9-10-11-12-13-16-25(36-23-33-3)27-19-21-29(38-27)30-22-20-28(39-30)26(37-24-34-4)17-14-15-18-31(32)35-6-2/h25-30H,5-24H2,1-4H3/t25-,26-,27-,28-,29-,30-/m1/s1. The molecular weight excluding hydrogens is 500 g/mol. The van der Waals surface area contributed by atoms with Crippen LogP contribution in [0.25, 0.3) is 0 Å². The Kier molecular flexibility index (Phi) is 19.3. The van der Waals surface area contributed by atoms with E-state index in [0.717, 1.165) is 51.4 Å². The third kappa shape index (κ3) is 14.1. The lowest BCUT2D eigenvalue weighted by atomic mass is 10.0. The summed E-state index contributed by atoms with van der Waals surface area (Å²) in [6.45, 7) is 5.08. The Morgan fingerprint density at radius 2 is 1.18 bits per heavy atom. The molecule has 8 nitrogen and oxygen atoms in total. The first kappa shape index (κ1) is 34.4. The Morgan fingerprint density at radius 1 is 0.692 bits per heavy atom. The van der Waals surface area contributed by atoms with E-state index >= 15 is 0 Å². The normalized spacial score (nSPS) is 24.7. The Bertz CT molecular complexity index is 603. The minimum Gasteiger partial charge on any atom is -0.466 e. The van der Waals surface area contributed by atoms with E-state index in [0.29, 0.717) is 19.8 Å². The molecule has 0 bridgehead atoms. The highest BCUT2D eigenvalue weighted by Gasteiger charge is 2.41. The van der Waals surface area contributed by atoms with Crippen LogP contribution in [-0.4, -0.2) is 77.0 Å². The second kappa shape index (κ2) is 21.9. The van der Waals surface area contributed by atoms with Crippen LogP contribution in [0.4, 0.5) is 0 Å². The average Bonchev–Trinajstić information content (AvgIpc) is 3.62. The highest BCUT2D eigenvalue weighted by Crippen LogP contribution is 2.36. The van der Waals surface area contributed by atoms with Crippen molar-refractivity contribution in [2.75, 3.05) is 34.4 Å². The maximum Gasteiger partial charge on any atom is 0.305 e. The Balaban J connectivity index is 1.75. The summed E-state index contributed by atoms with van der Waals surface area (Å²) in [4.78, 5) is 11.6. The van der Waals surface area contributed by atoms with E-state index in [2.05, 4.69) is 6.92 Å². The molecule has 2 heterocycles. The predicted octanol–water partition coefficient (Wildman–Crippen LogP) is 6.71. The zero-order valence-electron chi connectivity index (χ0n) is 25.4. The van der Waals surface area contributed by atoms with Crippen LogP contribution in [0.5, 0.6) is 0 Å². The lowest BCUT2D eigenvalue weighted by Crippen LogP contribution is -2.35. The highest BCUT2D eigenvalue weighted by molar-refractivity contribution is 5.69. The van der Waals surface area contributed by atoms with Gasteiger partial charge in [-0.15, -0.1) is 0 Å². The summed E-state index contributed by atoms with van der Waals surface area (Å²) in [6, 6.07) is 0. The fourth-order valence-electron chi connectivity index (χ4n) is 5.86. The molecule has 2 fully saturated rings. The molecule has 230 valence electrons. The van der Waals surface area contributed by atoms with Gasteiger partial charge in [-0.3, -0.25) is 4.79 Å². The minimum atomic E-state index is -0.132. The smallest absolute Gasteiger partial charge is 0.305 e. The van der Waals surface area contributed by atoms with E-state index in [4.69, 9.17) is 33.2 Å². The Morgan fingerprint density at radius 3 is 1.67 bits per heavy atom. The molecule has 2 aliphatic rings. The van der Waals surface area contributed by atoms with Crippen LogP contribution in [0.1, 0.15) is 123 Å². The number of unbranched alkanes of at least 4 members (excludes halogenated alkanes) is 8. The van der Waals surface area contributed by atoms with Crippen molar-refractivity contribution in [2.45, 2.75) is 160 Å². The van der Waals surface area contributed by atoms with Gasteiger partial charge < -0.3 is 33.2 Å². The molecule has 2 rings (SSSR count). The molecule has 39 heavy (non-hydrogen) atoms. The lowest BCUT2D eigenvalue weighted by Gasteiger charge is -2.27. The summed E-state index contributed by atoms with van der Waals surface area (Å²) in [6.07, 6.45) is 18.7. The molecule has 2 saturated heterocycles. The second-order valence-corrected chi connectivity index (χ2v) is 11.1. The number of hydrogen-bond donors (Lipinski definition) is 0. The Labute approximate surface area is 238 Å². The van der Waals surface area contributed by atoms with Gasteiger partial charge in [-0.2, -0.15) is 0 Å². The molecule has 8 heteroatoms. The van der Waals surface area contributed by atoms with Crippen LogP contribution < -0.4 is 0 Å². The van der Waals surface area contributed by atoms with Gasteiger partial charge >= 0.3 is 5.97 Å². The first-order chi connectivity index (χ1) is 19.1. The number of methoxy groups -OCH3 is 2. The quantitative estimate of drug-likeness (QED) is 0.0734. The van der Waals surface area contributed by atoms with Gasteiger partial charge in [0.1, 0.15) is 13.6 Å². The van der Waals surface area contributed by atoms with Crippen LogP contribution in [0.15, 0.2) is 0 Å². The third-order valence-corrected chi connectivity index (χ3v) is 7.98. The number of esters is 1. The Hall–Kier alpha value is -0.770. The molecule has 0 saturated carbocycles. The molecule has 0 aromatic heterocycles. The second-order valence-electron chi connectivity index (χ2n) is 11.1. The molecule has 0 amide bonds. The number of carbonyl (C=O) groups excluding carboxylic acids is 1. The summed E-state index contributed by atoms with van der Waals surface area (Å²) in [5.41, 5.74) is 0. The fourth-order valence-corrected chi connectivity index (χ4v) is 5.86. The van der Waals surface area contributed by atoms with Crippen molar-refractivity contribution in [2.24, 2.45) is 0 Å². The summed E-state index contributed by atoms with van der Waals surface area (Å²) < 4.78 is 40.6. The molecule has 0 unspecified atom stereocenters. The number of rotatable bonds is 24. The number of carbonyl (C=O) groups is 1. The SMILES string of the molecule is CCCCCCCCCC[C@@H](OCOC)[C@H]1CC[C@H]([C@H]2CC[C@H]([C@@H](CCCCC(=O)OCC)OCOC)O2)O1. The van der Waals surface area contributed by atoms with Gasteiger partial charge in [-0.05, 0) is 51.9 Å². The maximum absolute atomic E-state index is 11.6. The molecule has 0 aromatic rings. The zero-order chi connectivity index (χ0) is 28.1. The van der Waals surface area contributed by atoms with E-state index in [-0.39, 0.29) is 49.4 Å². The molecule has 6 atom stereocenters. The molecule has 0 radical (unpaired) electrons. The van der Waals surface area contributed by atoms with E-state index < -0.39 is 0 Å². The fraction of sp³-hybridized carbons (Fsp3) is 0.968.